The Morgan fingerprint density at radius 1 is 1.26 bits per heavy atom. The van der Waals surface area contributed by atoms with Crippen molar-refractivity contribution in [2.75, 3.05) is 18.5 Å². The first-order valence-electron chi connectivity index (χ1n) is 10.9. The Hall–Kier alpha value is -2.64. The van der Waals surface area contributed by atoms with Gasteiger partial charge in [0.25, 0.3) is 5.91 Å². The summed E-state index contributed by atoms with van der Waals surface area (Å²) >= 11 is 6.33. The highest BCUT2D eigenvalue weighted by Crippen LogP contribution is 2.28. The van der Waals surface area contributed by atoms with Crippen LogP contribution >= 0.6 is 11.6 Å². The van der Waals surface area contributed by atoms with Crippen LogP contribution in [0.2, 0.25) is 5.15 Å². The minimum Gasteiger partial charge on any atom is -0.379 e. The van der Waals surface area contributed by atoms with Crippen LogP contribution in [0, 0.1) is 6.92 Å². The van der Waals surface area contributed by atoms with Crippen LogP contribution in [0.25, 0.3) is 16.9 Å². The topological polar surface area (TPSA) is 80.6 Å². The van der Waals surface area contributed by atoms with Crippen LogP contribution in [0.1, 0.15) is 48.0 Å². The van der Waals surface area contributed by atoms with Crippen LogP contribution in [-0.2, 0) is 4.74 Å². The van der Waals surface area contributed by atoms with E-state index < -0.39 is 0 Å². The van der Waals surface area contributed by atoms with Crippen LogP contribution < -0.4 is 10.6 Å². The number of hydrogen-bond donors (Lipinski definition) is 2. The number of nitrogens with one attached hydrogen (secondary N) is 2. The molecule has 7 nitrogen and oxygen atoms in total. The van der Waals surface area contributed by atoms with Crippen LogP contribution in [0.4, 0.5) is 5.69 Å². The van der Waals surface area contributed by atoms with Crippen LogP contribution in [0.15, 0.2) is 30.5 Å². The molecule has 2 fully saturated rings. The minimum atomic E-state index is -0.0118. The van der Waals surface area contributed by atoms with Crippen LogP contribution in [0.3, 0.4) is 0 Å². The summed E-state index contributed by atoms with van der Waals surface area (Å²) in [6, 6.07) is 7.93. The molecule has 1 saturated carbocycles. The summed E-state index contributed by atoms with van der Waals surface area (Å²) in [5, 5.41) is 11.3. The van der Waals surface area contributed by atoms with Gasteiger partial charge in [-0.2, -0.15) is 5.10 Å². The zero-order valence-corrected chi connectivity index (χ0v) is 18.3. The van der Waals surface area contributed by atoms with Gasteiger partial charge < -0.3 is 15.4 Å². The third-order valence-corrected chi connectivity index (χ3v) is 6.10. The zero-order valence-electron chi connectivity index (χ0n) is 17.5. The van der Waals surface area contributed by atoms with E-state index in [-0.39, 0.29) is 12.0 Å². The second-order valence-corrected chi connectivity index (χ2v) is 8.79. The third-order valence-electron chi connectivity index (χ3n) is 5.91. The molecule has 2 aromatic heterocycles. The second kappa shape index (κ2) is 8.48. The van der Waals surface area contributed by atoms with E-state index in [0.717, 1.165) is 54.8 Å². The maximum absolute atomic E-state index is 12.4. The molecule has 3 heterocycles. The lowest BCUT2D eigenvalue weighted by Gasteiger charge is -2.23. The highest BCUT2D eigenvalue weighted by atomic mass is 35.5. The Morgan fingerprint density at radius 3 is 2.87 bits per heavy atom. The number of rotatable bonds is 6. The molecule has 1 aromatic carbocycles. The van der Waals surface area contributed by atoms with Crippen LogP contribution in [-0.4, -0.2) is 45.8 Å². The number of halogens is 1. The summed E-state index contributed by atoms with van der Waals surface area (Å²) in [5.41, 5.74) is 4.92. The number of aromatic nitrogens is 3. The molecule has 1 unspecified atom stereocenters. The molecule has 0 radical (unpaired) electrons. The number of nitrogens with zero attached hydrogens (tertiary/aromatic N) is 3. The molecule has 31 heavy (non-hydrogen) atoms. The quantitative estimate of drug-likeness (QED) is 0.600. The largest absolute Gasteiger partial charge is 0.379 e. The van der Waals surface area contributed by atoms with Gasteiger partial charge in [0.05, 0.1) is 23.7 Å². The molecule has 1 amide bonds. The van der Waals surface area contributed by atoms with Crippen molar-refractivity contribution in [2.24, 2.45) is 0 Å². The molecule has 0 bridgehead atoms. The number of fused-ring (bicyclic) bond motifs is 1. The number of amides is 1. The standard InChI is InChI=1S/C23H26ClN5O2/c1-14-10-15(5-8-18(14)23(30)27-16-6-7-16)20-13-26-22-19(11-21(24)28-29(20)22)25-12-17-4-2-3-9-31-17/h5,8,10-11,13,16-17,25H,2-4,6-7,9,12H2,1H3,(H,27,30). The molecule has 162 valence electrons. The summed E-state index contributed by atoms with van der Waals surface area (Å²) in [5.74, 6) is -0.0118. The molecular weight excluding hydrogens is 414 g/mol. The Bertz CT molecular complexity index is 1120. The molecule has 1 saturated heterocycles. The van der Waals surface area contributed by atoms with Crippen molar-refractivity contribution in [3.05, 3.63) is 46.7 Å². The van der Waals surface area contributed by atoms with E-state index in [1.54, 1.807) is 16.8 Å². The predicted octanol–water partition coefficient (Wildman–Crippen LogP) is 4.23. The lowest BCUT2D eigenvalue weighted by Crippen LogP contribution is -2.27. The van der Waals surface area contributed by atoms with E-state index in [9.17, 15) is 4.79 Å². The van der Waals surface area contributed by atoms with E-state index in [1.165, 1.54) is 6.42 Å². The maximum atomic E-state index is 12.4. The maximum Gasteiger partial charge on any atom is 0.251 e. The van der Waals surface area contributed by atoms with Gasteiger partial charge in [-0.1, -0.05) is 17.7 Å². The Kier molecular flexibility index (Phi) is 5.54. The normalized spacial score (nSPS) is 18.8. The van der Waals surface area contributed by atoms with Gasteiger partial charge in [0.2, 0.25) is 0 Å². The highest BCUT2D eigenvalue weighted by Gasteiger charge is 2.24. The number of carbonyl (C=O) groups excluding carboxylic acids is 1. The molecule has 2 aliphatic rings. The first-order chi connectivity index (χ1) is 15.1. The Labute approximate surface area is 186 Å². The molecule has 3 aromatic rings. The molecule has 1 aliphatic heterocycles. The number of aryl methyl sites for hydroxylation is 1. The van der Waals surface area contributed by atoms with Crippen molar-refractivity contribution in [3.63, 3.8) is 0 Å². The average molecular weight is 440 g/mol. The van der Waals surface area contributed by atoms with Crippen molar-refractivity contribution in [2.45, 2.75) is 51.2 Å². The Balaban J connectivity index is 1.41. The van der Waals surface area contributed by atoms with Gasteiger partial charge in [0.1, 0.15) is 0 Å². The zero-order chi connectivity index (χ0) is 21.4. The van der Waals surface area contributed by atoms with E-state index in [2.05, 4.69) is 20.7 Å². The van der Waals surface area contributed by atoms with Gasteiger partial charge in [-0.15, -0.1) is 0 Å². The fourth-order valence-corrected chi connectivity index (χ4v) is 4.21. The summed E-state index contributed by atoms with van der Waals surface area (Å²) in [7, 11) is 0. The summed E-state index contributed by atoms with van der Waals surface area (Å²) < 4.78 is 7.57. The number of imidazole rings is 1. The van der Waals surface area contributed by atoms with E-state index in [0.29, 0.717) is 29.0 Å². The monoisotopic (exact) mass is 439 g/mol. The average Bonchev–Trinajstić information content (AvgIpc) is 3.48. The molecule has 5 rings (SSSR count). The fourth-order valence-electron chi connectivity index (χ4n) is 4.03. The predicted molar refractivity (Wildman–Crippen MR) is 121 cm³/mol. The first kappa shape index (κ1) is 20.3. The Morgan fingerprint density at radius 2 is 2.13 bits per heavy atom. The van der Waals surface area contributed by atoms with Crippen molar-refractivity contribution < 1.29 is 9.53 Å². The van der Waals surface area contributed by atoms with E-state index in [4.69, 9.17) is 16.3 Å². The molecule has 1 aliphatic carbocycles. The molecule has 2 N–H and O–H groups in total. The fraction of sp³-hybridized carbons (Fsp3) is 0.435. The van der Waals surface area contributed by atoms with Gasteiger partial charge in [-0.25, -0.2) is 9.50 Å². The minimum absolute atomic E-state index is 0.0118. The summed E-state index contributed by atoms with van der Waals surface area (Å²) in [6.45, 7) is 3.48. The van der Waals surface area contributed by atoms with Gasteiger partial charge in [-0.05, 0) is 56.7 Å². The number of ether oxygens (including phenoxy) is 1. The summed E-state index contributed by atoms with van der Waals surface area (Å²) in [6.07, 6.45) is 7.51. The van der Waals surface area contributed by atoms with Crippen molar-refractivity contribution in [3.8, 4) is 11.3 Å². The molecular formula is C23H26ClN5O2. The number of carbonyl (C=O) groups is 1. The summed E-state index contributed by atoms with van der Waals surface area (Å²) in [4.78, 5) is 17.0. The van der Waals surface area contributed by atoms with Gasteiger partial charge in [0.15, 0.2) is 10.8 Å². The van der Waals surface area contributed by atoms with Gasteiger partial charge in [-0.3, -0.25) is 4.79 Å². The second-order valence-electron chi connectivity index (χ2n) is 8.41. The number of hydrogen-bond acceptors (Lipinski definition) is 5. The highest BCUT2D eigenvalue weighted by molar-refractivity contribution is 6.29. The first-order valence-corrected chi connectivity index (χ1v) is 11.3. The van der Waals surface area contributed by atoms with E-state index >= 15 is 0 Å². The smallest absolute Gasteiger partial charge is 0.251 e. The van der Waals surface area contributed by atoms with Crippen molar-refractivity contribution in [1.82, 2.24) is 19.9 Å². The lowest BCUT2D eigenvalue weighted by atomic mass is 10.0. The lowest BCUT2D eigenvalue weighted by molar-refractivity contribution is 0.0248. The number of anilines is 1. The van der Waals surface area contributed by atoms with Crippen molar-refractivity contribution in [1.29, 1.82) is 0 Å². The van der Waals surface area contributed by atoms with Gasteiger partial charge >= 0.3 is 0 Å². The molecule has 1 atom stereocenters. The third kappa shape index (κ3) is 4.38. The molecule has 8 heteroatoms. The molecule has 0 spiro atoms. The number of benzene rings is 1. The van der Waals surface area contributed by atoms with Gasteiger partial charge in [0, 0.05) is 36.4 Å². The van der Waals surface area contributed by atoms with E-state index in [1.807, 2.05) is 25.1 Å². The van der Waals surface area contributed by atoms with Crippen molar-refractivity contribution >= 4 is 28.8 Å². The SMILES string of the molecule is Cc1cc(-c2cnc3c(NCC4CCCCO4)cc(Cl)nn23)ccc1C(=O)NC1CC1. The van der Waals surface area contributed by atoms with Crippen LogP contribution in [0.5, 0.6) is 0 Å².